The third-order valence-corrected chi connectivity index (χ3v) is 7.09. The van der Waals surface area contributed by atoms with Crippen molar-refractivity contribution in [3.8, 4) is 0 Å². The van der Waals surface area contributed by atoms with Crippen molar-refractivity contribution < 1.29 is 14.4 Å². The van der Waals surface area contributed by atoms with Gasteiger partial charge in [0.2, 0.25) is 0 Å². The lowest BCUT2D eigenvalue weighted by molar-refractivity contribution is -0.808. The van der Waals surface area contributed by atoms with Gasteiger partial charge in [0.05, 0.1) is 12.7 Å². The predicted octanol–water partition coefficient (Wildman–Crippen LogP) is 9.07. The van der Waals surface area contributed by atoms with Crippen LogP contribution in [0, 0.1) is 0 Å². The van der Waals surface area contributed by atoms with Crippen LogP contribution in [0.5, 0.6) is 0 Å². The first-order chi connectivity index (χ1) is 15.6. The average molecular weight is 452 g/mol. The Labute approximate surface area is 200 Å². The molecule has 4 heteroatoms. The third-order valence-electron chi connectivity index (χ3n) is 7.09. The Morgan fingerprint density at radius 2 is 1.09 bits per heavy atom. The van der Waals surface area contributed by atoms with Gasteiger partial charge in [-0.3, -0.25) is 0 Å². The molecule has 0 aromatic carbocycles. The first-order valence-corrected chi connectivity index (χ1v) is 14.2. The maximum absolute atomic E-state index is 12.0. The van der Waals surface area contributed by atoms with Gasteiger partial charge in [-0.25, -0.2) is 0 Å². The van der Waals surface area contributed by atoms with Gasteiger partial charge in [-0.1, -0.05) is 123 Å². The van der Waals surface area contributed by atoms with E-state index in [1.807, 2.05) is 12.4 Å². The lowest BCUT2D eigenvalue weighted by Gasteiger charge is -2.27. The molecule has 0 fully saturated rings. The molecule has 0 saturated carbocycles. The molecule has 1 N–H and O–H groups in total. The summed E-state index contributed by atoms with van der Waals surface area (Å²) in [4.78, 5) is 14.2. The van der Waals surface area contributed by atoms with Gasteiger partial charge in [-0.2, -0.15) is 9.28 Å². The van der Waals surface area contributed by atoms with E-state index in [9.17, 15) is 9.90 Å². The van der Waals surface area contributed by atoms with Gasteiger partial charge in [0.15, 0.2) is 6.67 Å². The minimum absolute atomic E-state index is 0.106. The molecular weight excluding hydrogens is 396 g/mol. The molecule has 1 unspecified atom stereocenters. The van der Waals surface area contributed by atoms with Crippen molar-refractivity contribution in [2.75, 3.05) is 19.8 Å². The van der Waals surface area contributed by atoms with Crippen LogP contribution in [-0.4, -0.2) is 40.3 Å². The van der Waals surface area contributed by atoms with Crippen molar-refractivity contribution in [3.05, 3.63) is 12.4 Å². The molecule has 0 aromatic rings. The van der Waals surface area contributed by atoms with E-state index in [-0.39, 0.29) is 4.48 Å². The Morgan fingerprint density at radius 3 is 1.53 bits per heavy atom. The fourth-order valence-electron chi connectivity index (χ4n) is 4.83. The van der Waals surface area contributed by atoms with Gasteiger partial charge in [-0.05, 0) is 19.3 Å². The van der Waals surface area contributed by atoms with Crippen LogP contribution in [-0.2, 0) is 0 Å². The summed E-state index contributed by atoms with van der Waals surface area (Å²) in [5.74, 6) is 0. The standard InChI is InChI=1S/C28H54N2O2/c1-3-5-7-9-11-13-15-17-19-21-23-29-24-26-30(27-29,28(31)32)25-22-20-18-16-14-12-10-8-6-4-2/h24,26H,3-23,25,27H2,1-2H3/p+1. The fraction of sp³-hybridized carbons (Fsp3) is 0.893. The lowest BCUT2D eigenvalue weighted by atomic mass is 10.1. The molecule has 4 nitrogen and oxygen atoms in total. The highest BCUT2D eigenvalue weighted by Crippen LogP contribution is 2.22. The topological polar surface area (TPSA) is 40.5 Å². The summed E-state index contributed by atoms with van der Waals surface area (Å²) >= 11 is 0. The Bertz CT molecular complexity index is 480. The quantitative estimate of drug-likeness (QED) is 0.132. The van der Waals surface area contributed by atoms with Crippen molar-refractivity contribution in [1.29, 1.82) is 0 Å². The average Bonchev–Trinajstić information content (AvgIpc) is 3.21. The van der Waals surface area contributed by atoms with Gasteiger partial charge in [0, 0.05) is 6.54 Å². The van der Waals surface area contributed by atoms with Crippen molar-refractivity contribution >= 4 is 6.09 Å². The van der Waals surface area contributed by atoms with E-state index in [1.54, 1.807) is 0 Å². The van der Waals surface area contributed by atoms with E-state index in [1.165, 1.54) is 116 Å². The minimum atomic E-state index is -0.692. The molecule has 0 bridgehead atoms. The fourth-order valence-corrected chi connectivity index (χ4v) is 4.83. The molecule has 1 atom stereocenters. The highest BCUT2D eigenvalue weighted by atomic mass is 16.4. The molecular formula is C28H55N2O2+. The predicted molar refractivity (Wildman–Crippen MR) is 138 cm³/mol. The molecule has 0 aromatic heterocycles. The monoisotopic (exact) mass is 451 g/mol. The largest absolute Gasteiger partial charge is 0.519 e. The first-order valence-electron chi connectivity index (χ1n) is 14.2. The first kappa shape index (κ1) is 29.0. The van der Waals surface area contributed by atoms with Gasteiger partial charge < -0.3 is 10.0 Å². The summed E-state index contributed by atoms with van der Waals surface area (Å²) in [6.07, 6.45) is 29.6. The number of hydrogen-bond acceptors (Lipinski definition) is 2. The second-order valence-corrected chi connectivity index (χ2v) is 10.2. The number of quaternary nitrogens is 1. The van der Waals surface area contributed by atoms with Crippen molar-refractivity contribution in [2.45, 2.75) is 142 Å². The number of carboxylic acid groups (broad SMARTS) is 1. The van der Waals surface area contributed by atoms with Crippen LogP contribution in [0.1, 0.15) is 142 Å². The minimum Gasteiger partial charge on any atom is -0.435 e. The summed E-state index contributed by atoms with van der Waals surface area (Å²) < 4.78 is 0.106. The molecule has 0 saturated heterocycles. The maximum atomic E-state index is 12.0. The molecule has 0 radical (unpaired) electrons. The van der Waals surface area contributed by atoms with Crippen LogP contribution in [0.25, 0.3) is 0 Å². The summed E-state index contributed by atoms with van der Waals surface area (Å²) in [7, 11) is 0. The number of rotatable bonds is 22. The molecule has 1 rings (SSSR count). The zero-order valence-electron chi connectivity index (χ0n) is 21.7. The Morgan fingerprint density at radius 1 is 0.688 bits per heavy atom. The van der Waals surface area contributed by atoms with E-state index in [0.29, 0.717) is 6.67 Å². The van der Waals surface area contributed by atoms with Crippen molar-refractivity contribution in [2.24, 2.45) is 0 Å². The van der Waals surface area contributed by atoms with Crippen LogP contribution in [0.3, 0.4) is 0 Å². The zero-order chi connectivity index (χ0) is 23.3. The van der Waals surface area contributed by atoms with E-state index < -0.39 is 6.09 Å². The number of unbranched alkanes of at least 4 members (excludes halogenated alkanes) is 18. The van der Waals surface area contributed by atoms with Gasteiger partial charge in [-0.15, -0.1) is 0 Å². The molecule has 0 aliphatic carbocycles. The molecule has 1 aliphatic rings. The summed E-state index contributed by atoms with van der Waals surface area (Å²) in [5.41, 5.74) is 0. The zero-order valence-corrected chi connectivity index (χ0v) is 21.7. The van der Waals surface area contributed by atoms with Crippen molar-refractivity contribution in [3.63, 3.8) is 0 Å². The third kappa shape index (κ3) is 13.5. The van der Waals surface area contributed by atoms with E-state index in [4.69, 9.17) is 0 Å². The SMILES string of the molecule is CCCCCCCCCCCCN1C=C[N+](CCCCCCCCCCCC)(C(=O)O)C1. The van der Waals surface area contributed by atoms with Crippen molar-refractivity contribution in [1.82, 2.24) is 4.90 Å². The highest BCUT2D eigenvalue weighted by Gasteiger charge is 2.39. The number of carbonyl (C=O) groups is 1. The Kier molecular flexibility index (Phi) is 17.6. The molecule has 1 aliphatic heterocycles. The molecule has 1 heterocycles. The lowest BCUT2D eigenvalue weighted by Crippen LogP contribution is -2.49. The molecule has 32 heavy (non-hydrogen) atoms. The van der Waals surface area contributed by atoms with E-state index in [2.05, 4.69) is 18.7 Å². The second kappa shape index (κ2) is 19.4. The maximum Gasteiger partial charge on any atom is 0.519 e. The Hall–Kier alpha value is -1.03. The van der Waals surface area contributed by atoms with Crippen LogP contribution in [0.15, 0.2) is 12.4 Å². The number of nitrogens with zero attached hydrogens (tertiary/aromatic N) is 2. The molecule has 188 valence electrons. The summed E-state index contributed by atoms with van der Waals surface area (Å²) in [5, 5.41) is 9.87. The van der Waals surface area contributed by atoms with Crippen LogP contribution >= 0.6 is 0 Å². The number of amides is 1. The van der Waals surface area contributed by atoms with Crippen LogP contribution in [0.4, 0.5) is 4.79 Å². The van der Waals surface area contributed by atoms with Crippen LogP contribution in [0.2, 0.25) is 0 Å². The van der Waals surface area contributed by atoms with Gasteiger partial charge in [0.1, 0.15) is 6.20 Å². The van der Waals surface area contributed by atoms with Crippen LogP contribution < -0.4 is 0 Å². The van der Waals surface area contributed by atoms with E-state index >= 15 is 0 Å². The van der Waals surface area contributed by atoms with E-state index in [0.717, 1.165) is 25.9 Å². The number of hydrogen-bond donors (Lipinski definition) is 1. The van der Waals surface area contributed by atoms with Gasteiger partial charge in [0.25, 0.3) is 0 Å². The molecule has 0 spiro atoms. The summed E-state index contributed by atoms with van der Waals surface area (Å²) in [6.45, 7) is 6.88. The molecule has 1 amide bonds. The summed E-state index contributed by atoms with van der Waals surface area (Å²) in [6, 6.07) is 0. The normalized spacial score (nSPS) is 18.0. The Balaban J connectivity index is 2.06. The smallest absolute Gasteiger partial charge is 0.435 e. The van der Waals surface area contributed by atoms with Gasteiger partial charge >= 0.3 is 6.09 Å². The highest BCUT2D eigenvalue weighted by molar-refractivity contribution is 5.57. The second-order valence-electron chi connectivity index (χ2n) is 10.2.